The van der Waals surface area contributed by atoms with Gasteiger partial charge in [0, 0.05) is 4.47 Å². The van der Waals surface area contributed by atoms with Gasteiger partial charge < -0.3 is 5.11 Å². The summed E-state index contributed by atoms with van der Waals surface area (Å²) >= 11 is 3.07. The topological polar surface area (TPSA) is 83.5 Å². The lowest BCUT2D eigenvalue weighted by atomic mass is 10.2. The first-order chi connectivity index (χ1) is 9.79. The Hall–Kier alpha value is -1.93. The van der Waals surface area contributed by atoms with E-state index in [4.69, 9.17) is 5.11 Å². The molecular formula is C13H9BrFNO4S. The lowest BCUT2D eigenvalue weighted by Gasteiger charge is -2.09. The van der Waals surface area contributed by atoms with Crippen LogP contribution >= 0.6 is 15.9 Å². The van der Waals surface area contributed by atoms with Crippen LogP contribution in [-0.4, -0.2) is 19.5 Å². The highest BCUT2D eigenvalue weighted by molar-refractivity contribution is 9.10. The van der Waals surface area contributed by atoms with Crippen LogP contribution in [0.2, 0.25) is 0 Å². The lowest BCUT2D eigenvalue weighted by molar-refractivity contribution is 0.0696. The second kappa shape index (κ2) is 5.82. The number of hydrogen-bond acceptors (Lipinski definition) is 3. The minimum Gasteiger partial charge on any atom is -0.478 e. The van der Waals surface area contributed by atoms with Gasteiger partial charge in [0.2, 0.25) is 0 Å². The van der Waals surface area contributed by atoms with E-state index in [1.807, 2.05) is 0 Å². The fourth-order valence-electron chi connectivity index (χ4n) is 1.55. The quantitative estimate of drug-likeness (QED) is 0.862. The molecule has 0 spiro atoms. The van der Waals surface area contributed by atoms with Gasteiger partial charge in [0.25, 0.3) is 10.0 Å². The first-order valence-electron chi connectivity index (χ1n) is 5.61. The number of benzene rings is 2. The Labute approximate surface area is 128 Å². The van der Waals surface area contributed by atoms with Gasteiger partial charge in [-0.15, -0.1) is 0 Å². The fourth-order valence-corrected chi connectivity index (χ4v) is 2.95. The molecule has 21 heavy (non-hydrogen) atoms. The molecule has 2 rings (SSSR count). The Balaban J connectivity index is 2.31. The molecule has 0 saturated carbocycles. The van der Waals surface area contributed by atoms with Crippen molar-refractivity contribution in [2.75, 3.05) is 4.72 Å². The van der Waals surface area contributed by atoms with Crippen molar-refractivity contribution in [2.24, 2.45) is 0 Å². The summed E-state index contributed by atoms with van der Waals surface area (Å²) in [4.78, 5) is 10.6. The number of rotatable bonds is 4. The second-order valence-corrected chi connectivity index (χ2v) is 6.66. The summed E-state index contributed by atoms with van der Waals surface area (Å²) in [6.45, 7) is 0. The molecule has 0 unspecified atom stereocenters. The highest BCUT2D eigenvalue weighted by atomic mass is 79.9. The van der Waals surface area contributed by atoms with Gasteiger partial charge in [-0.25, -0.2) is 17.6 Å². The minimum absolute atomic E-state index is 0.0382. The van der Waals surface area contributed by atoms with Crippen molar-refractivity contribution in [1.82, 2.24) is 0 Å². The van der Waals surface area contributed by atoms with Crippen molar-refractivity contribution in [3.05, 3.63) is 58.3 Å². The van der Waals surface area contributed by atoms with Crippen LogP contribution in [0.1, 0.15) is 10.4 Å². The summed E-state index contributed by atoms with van der Waals surface area (Å²) in [5.41, 5.74) is -0.232. The number of halogens is 2. The maximum Gasteiger partial charge on any atom is 0.335 e. The van der Waals surface area contributed by atoms with Crippen LogP contribution in [0.5, 0.6) is 0 Å². The molecule has 0 amide bonds. The molecule has 0 aromatic heterocycles. The first-order valence-corrected chi connectivity index (χ1v) is 7.88. The third-order valence-corrected chi connectivity index (χ3v) is 4.46. The third kappa shape index (κ3) is 3.59. The molecule has 0 aliphatic heterocycles. The average Bonchev–Trinajstić information content (AvgIpc) is 2.42. The summed E-state index contributed by atoms with van der Waals surface area (Å²) < 4.78 is 40.4. The number of sulfonamides is 1. The van der Waals surface area contributed by atoms with Crippen LogP contribution in [0, 0.1) is 5.82 Å². The van der Waals surface area contributed by atoms with Crippen molar-refractivity contribution in [2.45, 2.75) is 4.90 Å². The average molecular weight is 374 g/mol. The van der Waals surface area contributed by atoms with E-state index >= 15 is 0 Å². The Morgan fingerprint density at radius 3 is 2.29 bits per heavy atom. The van der Waals surface area contributed by atoms with Crippen molar-refractivity contribution < 1.29 is 22.7 Å². The van der Waals surface area contributed by atoms with Gasteiger partial charge in [0.05, 0.1) is 16.1 Å². The van der Waals surface area contributed by atoms with Crippen LogP contribution in [0.15, 0.2) is 51.8 Å². The van der Waals surface area contributed by atoms with Crippen molar-refractivity contribution in [3.63, 3.8) is 0 Å². The molecule has 0 aliphatic rings. The summed E-state index contributed by atoms with van der Waals surface area (Å²) in [6, 6.07) is 8.51. The maximum atomic E-state index is 13.6. The Morgan fingerprint density at radius 2 is 1.76 bits per heavy atom. The molecule has 8 heteroatoms. The Kier molecular flexibility index (Phi) is 4.29. The summed E-state index contributed by atoms with van der Waals surface area (Å²) in [6.07, 6.45) is 0. The zero-order chi connectivity index (χ0) is 15.6. The van der Waals surface area contributed by atoms with E-state index < -0.39 is 21.8 Å². The normalized spacial score (nSPS) is 11.1. The van der Waals surface area contributed by atoms with Crippen molar-refractivity contribution >= 4 is 37.6 Å². The van der Waals surface area contributed by atoms with Gasteiger partial charge in [-0.3, -0.25) is 4.72 Å². The van der Waals surface area contributed by atoms with Gasteiger partial charge in [-0.1, -0.05) is 15.9 Å². The van der Waals surface area contributed by atoms with E-state index in [1.54, 1.807) is 0 Å². The molecule has 0 saturated heterocycles. The van der Waals surface area contributed by atoms with Crippen LogP contribution in [0.25, 0.3) is 0 Å². The highest BCUT2D eigenvalue weighted by Gasteiger charge is 2.17. The number of anilines is 1. The summed E-state index contributed by atoms with van der Waals surface area (Å²) in [7, 11) is -3.99. The number of carboxylic acid groups (broad SMARTS) is 1. The molecule has 0 fully saturated rings. The number of aromatic carboxylic acids is 1. The number of hydrogen-bond donors (Lipinski definition) is 2. The van der Waals surface area contributed by atoms with E-state index in [2.05, 4.69) is 20.7 Å². The van der Waals surface area contributed by atoms with Crippen molar-refractivity contribution in [3.8, 4) is 0 Å². The van der Waals surface area contributed by atoms with Gasteiger partial charge in [-0.05, 0) is 42.5 Å². The van der Waals surface area contributed by atoms with E-state index in [9.17, 15) is 17.6 Å². The fraction of sp³-hybridized carbons (Fsp3) is 0. The first kappa shape index (κ1) is 15.5. The summed E-state index contributed by atoms with van der Waals surface area (Å²) in [5, 5.41) is 8.76. The molecular weight excluding hydrogens is 365 g/mol. The highest BCUT2D eigenvalue weighted by Crippen LogP contribution is 2.22. The van der Waals surface area contributed by atoms with Crippen LogP contribution in [0.3, 0.4) is 0 Å². The zero-order valence-electron chi connectivity index (χ0n) is 10.4. The van der Waals surface area contributed by atoms with Gasteiger partial charge >= 0.3 is 5.97 Å². The SMILES string of the molecule is O=C(O)c1ccc(S(=O)(=O)Nc2ccc(Br)cc2F)cc1. The van der Waals surface area contributed by atoms with Gasteiger partial charge in [0.15, 0.2) is 0 Å². The minimum atomic E-state index is -3.99. The Bertz CT molecular complexity index is 790. The van der Waals surface area contributed by atoms with E-state index in [0.29, 0.717) is 4.47 Å². The summed E-state index contributed by atoms with van der Waals surface area (Å²) in [5.74, 6) is -1.89. The monoisotopic (exact) mass is 373 g/mol. The molecule has 0 atom stereocenters. The van der Waals surface area contributed by atoms with Gasteiger partial charge in [0.1, 0.15) is 5.82 Å². The molecule has 110 valence electrons. The lowest BCUT2D eigenvalue weighted by Crippen LogP contribution is -2.14. The molecule has 2 N–H and O–H groups in total. The molecule has 0 heterocycles. The zero-order valence-corrected chi connectivity index (χ0v) is 12.8. The molecule has 2 aromatic carbocycles. The van der Waals surface area contributed by atoms with E-state index in [1.165, 1.54) is 12.1 Å². The maximum absolute atomic E-state index is 13.6. The van der Waals surface area contributed by atoms with Gasteiger partial charge in [-0.2, -0.15) is 0 Å². The number of carbonyl (C=O) groups is 1. The number of carboxylic acids is 1. The second-order valence-electron chi connectivity index (χ2n) is 4.06. The predicted octanol–water partition coefficient (Wildman–Crippen LogP) is 3.09. The van der Waals surface area contributed by atoms with E-state index in [-0.39, 0.29) is 16.1 Å². The Morgan fingerprint density at radius 1 is 1.14 bits per heavy atom. The molecule has 0 radical (unpaired) electrons. The van der Waals surface area contributed by atoms with Crippen LogP contribution in [-0.2, 0) is 10.0 Å². The molecule has 2 aromatic rings. The number of nitrogens with one attached hydrogen (secondary N) is 1. The van der Waals surface area contributed by atoms with Crippen LogP contribution < -0.4 is 4.72 Å². The van der Waals surface area contributed by atoms with E-state index in [0.717, 1.165) is 30.3 Å². The smallest absolute Gasteiger partial charge is 0.335 e. The third-order valence-electron chi connectivity index (χ3n) is 2.59. The molecule has 5 nitrogen and oxygen atoms in total. The molecule has 0 aliphatic carbocycles. The molecule has 0 bridgehead atoms. The predicted molar refractivity (Wildman–Crippen MR) is 78.3 cm³/mol. The van der Waals surface area contributed by atoms with Crippen molar-refractivity contribution in [1.29, 1.82) is 0 Å². The largest absolute Gasteiger partial charge is 0.478 e. The van der Waals surface area contributed by atoms with Crippen LogP contribution in [0.4, 0.5) is 10.1 Å². The standard InChI is InChI=1S/C13H9BrFNO4S/c14-9-3-6-12(11(15)7-9)16-21(19,20)10-4-1-8(2-5-10)13(17)18/h1-7,16H,(H,17,18).